The summed E-state index contributed by atoms with van der Waals surface area (Å²) in [6.07, 6.45) is 0.153. The van der Waals surface area contributed by atoms with Gasteiger partial charge in [-0.1, -0.05) is 0 Å². The van der Waals surface area contributed by atoms with Gasteiger partial charge in [-0.15, -0.1) is 11.3 Å². The van der Waals surface area contributed by atoms with Gasteiger partial charge in [-0.3, -0.25) is 14.2 Å². The van der Waals surface area contributed by atoms with Crippen molar-refractivity contribution in [2.45, 2.75) is 13.0 Å². The van der Waals surface area contributed by atoms with E-state index in [9.17, 15) is 9.59 Å². The van der Waals surface area contributed by atoms with Crippen LogP contribution < -0.4 is 15.6 Å². The normalized spacial score (nSPS) is 10.7. The Bertz CT molecular complexity index is 986. The van der Waals surface area contributed by atoms with E-state index in [1.807, 2.05) is 11.4 Å². The Labute approximate surface area is 146 Å². The Hall–Kier alpha value is -2.45. The van der Waals surface area contributed by atoms with Crippen molar-refractivity contribution in [1.82, 2.24) is 9.55 Å². The highest BCUT2D eigenvalue weighted by Crippen LogP contribution is 2.16. The molecule has 0 atom stereocenters. The molecule has 2 N–H and O–H groups in total. The number of aromatic amines is 1. The number of H-pyrrole nitrogens is 1. The van der Waals surface area contributed by atoms with E-state index in [1.54, 1.807) is 31.4 Å². The molecule has 6 nitrogen and oxygen atoms in total. The van der Waals surface area contributed by atoms with Crippen LogP contribution in [0.3, 0.4) is 0 Å². The maximum Gasteiger partial charge on any atom is 0.272 e. The van der Waals surface area contributed by atoms with Crippen LogP contribution in [0.1, 0.15) is 6.42 Å². The summed E-state index contributed by atoms with van der Waals surface area (Å²) in [5, 5.41) is 4.61. The van der Waals surface area contributed by atoms with Gasteiger partial charge in [0.1, 0.15) is 10.4 Å². The number of amides is 1. The van der Waals surface area contributed by atoms with Crippen LogP contribution in [0, 0.1) is 4.77 Å². The molecule has 3 aromatic rings. The molecule has 1 aromatic carbocycles. The lowest BCUT2D eigenvalue weighted by Crippen LogP contribution is -2.24. The van der Waals surface area contributed by atoms with E-state index in [-0.39, 0.29) is 24.4 Å². The molecule has 0 aliphatic carbocycles. The number of carbonyl (C=O) groups is 1. The summed E-state index contributed by atoms with van der Waals surface area (Å²) in [6, 6.07) is 8.86. The number of methoxy groups -OCH3 is 1. The molecule has 0 radical (unpaired) electrons. The van der Waals surface area contributed by atoms with Crippen LogP contribution in [-0.4, -0.2) is 22.6 Å². The van der Waals surface area contributed by atoms with Gasteiger partial charge in [-0.25, -0.2) is 0 Å². The van der Waals surface area contributed by atoms with Crippen LogP contribution in [0.15, 0.2) is 40.5 Å². The van der Waals surface area contributed by atoms with Crippen LogP contribution in [0.25, 0.3) is 10.2 Å². The van der Waals surface area contributed by atoms with E-state index >= 15 is 0 Å². The molecule has 0 aliphatic heterocycles. The van der Waals surface area contributed by atoms with Crippen molar-refractivity contribution in [2.24, 2.45) is 0 Å². The lowest BCUT2D eigenvalue weighted by molar-refractivity contribution is -0.116. The minimum absolute atomic E-state index is 0.153. The molecule has 2 aromatic heterocycles. The standard InChI is InChI=1S/C16H15N3O3S2/c1-22-11-4-2-10(3-5-11)17-13(20)6-8-19-15(21)14-12(7-9-24-14)18-16(19)23/h2-5,7,9H,6,8H2,1H3,(H,17,20)(H,18,23). The smallest absolute Gasteiger partial charge is 0.272 e. The number of carbonyl (C=O) groups excluding carboxylic acids is 1. The predicted molar refractivity (Wildman–Crippen MR) is 97.5 cm³/mol. The molecule has 8 heteroatoms. The lowest BCUT2D eigenvalue weighted by atomic mass is 10.3. The minimum atomic E-state index is -0.187. The van der Waals surface area contributed by atoms with Crippen molar-refractivity contribution < 1.29 is 9.53 Å². The van der Waals surface area contributed by atoms with E-state index < -0.39 is 0 Å². The second-order valence-corrected chi connectivity index (χ2v) is 6.38. The quantitative estimate of drug-likeness (QED) is 0.685. The maximum atomic E-state index is 12.4. The second-order valence-electron chi connectivity index (χ2n) is 5.08. The van der Waals surface area contributed by atoms with Crippen LogP contribution in [0.2, 0.25) is 0 Å². The third kappa shape index (κ3) is 3.39. The molecule has 0 spiro atoms. The summed E-state index contributed by atoms with van der Waals surface area (Å²) in [5.41, 5.74) is 1.24. The van der Waals surface area contributed by atoms with Crippen molar-refractivity contribution in [1.29, 1.82) is 0 Å². The number of aromatic nitrogens is 2. The van der Waals surface area contributed by atoms with Gasteiger partial charge >= 0.3 is 0 Å². The molecular weight excluding hydrogens is 346 g/mol. The van der Waals surface area contributed by atoms with Crippen molar-refractivity contribution in [3.63, 3.8) is 0 Å². The number of hydrogen-bond donors (Lipinski definition) is 2. The number of nitrogens with zero attached hydrogens (tertiary/aromatic N) is 1. The van der Waals surface area contributed by atoms with Gasteiger partial charge in [-0.2, -0.15) is 0 Å². The first kappa shape index (κ1) is 16.4. The number of ether oxygens (including phenoxy) is 1. The van der Waals surface area contributed by atoms with E-state index in [4.69, 9.17) is 17.0 Å². The van der Waals surface area contributed by atoms with Gasteiger partial charge in [0.05, 0.1) is 12.6 Å². The number of anilines is 1. The van der Waals surface area contributed by atoms with Gasteiger partial charge < -0.3 is 15.0 Å². The zero-order chi connectivity index (χ0) is 17.1. The summed E-state index contributed by atoms with van der Waals surface area (Å²) < 4.78 is 7.42. The fourth-order valence-corrected chi connectivity index (χ4v) is 3.37. The van der Waals surface area contributed by atoms with Gasteiger partial charge in [-0.05, 0) is 47.9 Å². The molecule has 0 fully saturated rings. The summed E-state index contributed by atoms with van der Waals surface area (Å²) in [4.78, 5) is 27.5. The summed E-state index contributed by atoms with van der Waals surface area (Å²) in [6.45, 7) is 0.226. The van der Waals surface area contributed by atoms with Gasteiger partial charge in [0, 0.05) is 18.7 Å². The zero-order valence-corrected chi connectivity index (χ0v) is 14.5. The first-order valence-electron chi connectivity index (χ1n) is 7.22. The van der Waals surface area contributed by atoms with Crippen LogP contribution in [-0.2, 0) is 11.3 Å². The first-order valence-corrected chi connectivity index (χ1v) is 8.51. The highest BCUT2D eigenvalue weighted by atomic mass is 32.1. The Morgan fingerprint density at radius 3 is 2.79 bits per heavy atom. The second kappa shape index (κ2) is 6.98. The van der Waals surface area contributed by atoms with Crippen LogP contribution in [0.4, 0.5) is 5.69 Å². The molecule has 124 valence electrons. The van der Waals surface area contributed by atoms with Crippen molar-refractivity contribution in [3.05, 3.63) is 50.8 Å². The van der Waals surface area contributed by atoms with E-state index in [0.29, 0.717) is 15.2 Å². The Kier molecular flexibility index (Phi) is 4.77. The highest BCUT2D eigenvalue weighted by molar-refractivity contribution is 7.71. The van der Waals surface area contributed by atoms with Gasteiger partial charge in [0.25, 0.3) is 5.56 Å². The molecule has 2 heterocycles. The molecule has 3 rings (SSSR count). The van der Waals surface area contributed by atoms with Crippen molar-refractivity contribution >= 4 is 45.4 Å². The molecule has 0 bridgehead atoms. The van der Waals surface area contributed by atoms with Crippen molar-refractivity contribution in [2.75, 3.05) is 12.4 Å². The van der Waals surface area contributed by atoms with E-state index in [0.717, 1.165) is 11.3 Å². The number of benzene rings is 1. The fraction of sp³-hybridized carbons (Fsp3) is 0.188. The zero-order valence-electron chi connectivity index (χ0n) is 12.9. The Morgan fingerprint density at radius 1 is 1.33 bits per heavy atom. The van der Waals surface area contributed by atoms with Crippen LogP contribution in [0.5, 0.6) is 5.75 Å². The topological polar surface area (TPSA) is 76.1 Å². The monoisotopic (exact) mass is 361 g/mol. The first-order chi connectivity index (χ1) is 11.6. The summed E-state index contributed by atoms with van der Waals surface area (Å²) in [7, 11) is 1.58. The third-order valence-corrected chi connectivity index (χ3v) is 4.75. The summed E-state index contributed by atoms with van der Waals surface area (Å²) >= 11 is 6.56. The number of nitrogens with one attached hydrogen (secondary N) is 2. The Balaban J connectivity index is 1.70. The van der Waals surface area contributed by atoms with Crippen LogP contribution >= 0.6 is 23.6 Å². The van der Waals surface area contributed by atoms with Gasteiger partial charge in [0.15, 0.2) is 4.77 Å². The molecule has 1 amide bonds. The number of thiophene rings is 1. The number of fused-ring (bicyclic) bond motifs is 1. The molecule has 24 heavy (non-hydrogen) atoms. The summed E-state index contributed by atoms with van der Waals surface area (Å²) in [5.74, 6) is 0.530. The van der Waals surface area contributed by atoms with E-state index in [2.05, 4.69) is 10.3 Å². The molecule has 0 aliphatic rings. The highest BCUT2D eigenvalue weighted by Gasteiger charge is 2.09. The average molecular weight is 361 g/mol. The Morgan fingerprint density at radius 2 is 2.08 bits per heavy atom. The fourth-order valence-electron chi connectivity index (χ4n) is 2.29. The average Bonchev–Trinajstić information content (AvgIpc) is 3.04. The molecule has 0 saturated heterocycles. The number of hydrogen-bond acceptors (Lipinski definition) is 5. The van der Waals surface area contributed by atoms with Gasteiger partial charge in [0.2, 0.25) is 5.91 Å². The third-order valence-electron chi connectivity index (χ3n) is 3.53. The SMILES string of the molecule is COc1ccc(NC(=O)CCn2c(=S)[nH]c3ccsc3c2=O)cc1. The number of rotatable bonds is 5. The maximum absolute atomic E-state index is 12.4. The largest absolute Gasteiger partial charge is 0.497 e. The minimum Gasteiger partial charge on any atom is -0.497 e. The predicted octanol–water partition coefficient (Wildman–Crippen LogP) is 3.16. The molecule has 0 unspecified atom stereocenters. The lowest BCUT2D eigenvalue weighted by Gasteiger charge is -2.08. The van der Waals surface area contributed by atoms with E-state index in [1.165, 1.54) is 15.9 Å². The molecular formula is C16H15N3O3S2. The molecule has 0 saturated carbocycles. The van der Waals surface area contributed by atoms with Crippen molar-refractivity contribution in [3.8, 4) is 5.75 Å².